The Labute approximate surface area is 111 Å². The fourth-order valence-corrected chi connectivity index (χ4v) is 1.79. The predicted molar refractivity (Wildman–Crippen MR) is 69.3 cm³/mol. The summed E-state index contributed by atoms with van der Waals surface area (Å²) in [5.74, 6) is -2.86. The Bertz CT molecular complexity index is 474. The number of rotatable bonds is 6. The number of carbonyl (C=O) groups is 2. The van der Waals surface area contributed by atoms with Gasteiger partial charge in [0.15, 0.2) is 0 Å². The third-order valence-electron chi connectivity index (χ3n) is 2.96. The first-order valence-electron chi connectivity index (χ1n) is 6.21. The molecule has 1 amide bonds. The maximum Gasteiger partial charge on any atom is 0.316 e. The van der Waals surface area contributed by atoms with E-state index in [2.05, 4.69) is 5.32 Å². The van der Waals surface area contributed by atoms with Gasteiger partial charge in [0.05, 0.1) is 0 Å². The van der Waals surface area contributed by atoms with Crippen LogP contribution in [0.3, 0.4) is 0 Å². The van der Waals surface area contributed by atoms with Crippen LogP contribution in [-0.4, -0.2) is 23.5 Å². The second kappa shape index (κ2) is 6.87. The molecule has 19 heavy (non-hydrogen) atoms. The van der Waals surface area contributed by atoms with E-state index in [9.17, 15) is 14.0 Å². The normalized spacial score (nSPS) is 11.9. The van der Waals surface area contributed by atoms with Crippen LogP contribution in [0.25, 0.3) is 0 Å². The molecule has 0 saturated heterocycles. The number of amides is 1. The van der Waals surface area contributed by atoms with Crippen LogP contribution in [0.15, 0.2) is 18.2 Å². The predicted octanol–water partition coefficient (Wildman–Crippen LogP) is 1.90. The van der Waals surface area contributed by atoms with Gasteiger partial charge in [-0.2, -0.15) is 0 Å². The molecule has 1 aromatic carbocycles. The minimum Gasteiger partial charge on any atom is -0.481 e. The van der Waals surface area contributed by atoms with Gasteiger partial charge in [-0.05, 0) is 37.0 Å². The Morgan fingerprint density at radius 2 is 2.11 bits per heavy atom. The molecule has 0 bridgehead atoms. The first-order chi connectivity index (χ1) is 8.95. The van der Waals surface area contributed by atoms with Crippen LogP contribution in [0.1, 0.15) is 24.5 Å². The van der Waals surface area contributed by atoms with Crippen LogP contribution in [0, 0.1) is 18.7 Å². The minimum atomic E-state index is -1.11. The number of hydrogen-bond acceptors (Lipinski definition) is 2. The van der Waals surface area contributed by atoms with E-state index in [1.54, 1.807) is 26.0 Å². The second-order valence-electron chi connectivity index (χ2n) is 4.42. The van der Waals surface area contributed by atoms with Crippen molar-refractivity contribution in [2.45, 2.75) is 26.7 Å². The lowest BCUT2D eigenvalue weighted by Gasteiger charge is -2.10. The number of hydrogen-bond donors (Lipinski definition) is 2. The molecule has 2 N–H and O–H groups in total. The summed E-state index contributed by atoms with van der Waals surface area (Å²) in [5, 5.41) is 11.4. The average molecular weight is 267 g/mol. The van der Waals surface area contributed by atoms with E-state index in [0.717, 1.165) is 5.56 Å². The van der Waals surface area contributed by atoms with Gasteiger partial charge in [0, 0.05) is 6.54 Å². The van der Waals surface area contributed by atoms with Gasteiger partial charge in [0.25, 0.3) is 0 Å². The smallest absolute Gasteiger partial charge is 0.316 e. The fraction of sp³-hybridized carbons (Fsp3) is 0.429. The van der Waals surface area contributed by atoms with Gasteiger partial charge in [-0.3, -0.25) is 9.59 Å². The summed E-state index contributed by atoms with van der Waals surface area (Å²) in [6, 6.07) is 4.76. The van der Waals surface area contributed by atoms with E-state index >= 15 is 0 Å². The minimum absolute atomic E-state index is 0.260. The van der Waals surface area contributed by atoms with Crippen molar-refractivity contribution < 1.29 is 19.1 Å². The molecule has 0 heterocycles. The van der Waals surface area contributed by atoms with Crippen molar-refractivity contribution in [2.24, 2.45) is 5.92 Å². The standard InChI is InChI=1S/C14H18FNO3/c1-3-11(14(18)19)13(17)16-7-6-10-4-5-12(15)9(2)8-10/h4-5,8,11H,3,6-7H2,1-2H3,(H,16,17)(H,18,19). The highest BCUT2D eigenvalue weighted by atomic mass is 19.1. The lowest BCUT2D eigenvalue weighted by molar-refractivity contribution is -0.147. The van der Waals surface area contributed by atoms with Gasteiger partial charge >= 0.3 is 5.97 Å². The van der Waals surface area contributed by atoms with E-state index < -0.39 is 17.8 Å². The Kier molecular flexibility index (Phi) is 5.48. The molecule has 0 aliphatic carbocycles. The van der Waals surface area contributed by atoms with Gasteiger partial charge in [-0.1, -0.05) is 19.1 Å². The van der Waals surface area contributed by atoms with E-state index in [1.807, 2.05) is 0 Å². The fourth-order valence-electron chi connectivity index (χ4n) is 1.79. The lowest BCUT2D eigenvalue weighted by Crippen LogP contribution is -2.36. The number of carboxylic acids is 1. The molecular formula is C14H18FNO3. The van der Waals surface area contributed by atoms with Crippen LogP contribution < -0.4 is 5.32 Å². The first-order valence-corrected chi connectivity index (χ1v) is 6.21. The second-order valence-corrected chi connectivity index (χ2v) is 4.42. The van der Waals surface area contributed by atoms with Crippen molar-refractivity contribution in [3.8, 4) is 0 Å². The quantitative estimate of drug-likeness (QED) is 0.774. The number of carboxylic acid groups (broad SMARTS) is 1. The van der Waals surface area contributed by atoms with Gasteiger partial charge in [-0.25, -0.2) is 4.39 Å². The molecule has 0 aliphatic heterocycles. The maximum absolute atomic E-state index is 13.1. The molecule has 0 aromatic heterocycles. The van der Waals surface area contributed by atoms with Crippen molar-refractivity contribution in [3.05, 3.63) is 35.1 Å². The number of carbonyl (C=O) groups excluding carboxylic acids is 1. The Hall–Kier alpha value is -1.91. The van der Waals surface area contributed by atoms with Crippen molar-refractivity contribution in [1.29, 1.82) is 0 Å². The monoisotopic (exact) mass is 267 g/mol. The molecule has 0 saturated carbocycles. The van der Waals surface area contributed by atoms with E-state index in [-0.39, 0.29) is 12.2 Å². The third-order valence-corrected chi connectivity index (χ3v) is 2.96. The van der Waals surface area contributed by atoms with Crippen LogP contribution in [-0.2, 0) is 16.0 Å². The molecule has 4 nitrogen and oxygen atoms in total. The molecule has 0 radical (unpaired) electrons. The summed E-state index contributed by atoms with van der Waals surface area (Å²) < 4.78 is 13.1. The molecule has 1 atom stereocenters. The summed E-state index contributed by atoms with van der Waals surface area (Å²) >= 11 is 0. The first kappa shape index (κ1) is 15.1. The number of aliphatic carboxylic acids is 1. The molecule has 0 aliphatic rings. The highest BCUT2D eigenvalue weighted by molar-refractivity contribution is 5.96. The summed E-state index contributed by atoms with van der Waals surface area (Å²) in [6.45, 7) is 3.67. The SMILES string of the molecule is CCC(C(=O)O)C(=O)NCCc1ccc(F)c(C)c1. The molecule has 1 unspecified atom stereocenters. The van der Waals surface area contributed by atoms with Crippen LogP contribution in [0.4, 0.5) is 4.39 Å². The molecule has 0 fully saturated rings. The number of aryl methyl sites for hydroxylation is 1. The lowest BCUT2D eigenvalue weighted by atomic mass is 10.1. The zero-order valence-corrected chi connectivity index (χ0v) is 11.1. The van der Waals surface area contributed by atoms with Crippen molar-refractivity contribution >= 4 is 11.9 Å². The Morgan fingerprint density at radius 3 is 2.63 bits per heavy atom. The van der Waals surface area contributed by atoms with Crippen molar-refractivity contribution in [2.75, 3.05) is 6.54 Å². The largest absolute Gasteiger partial charge is 0.481 e. The Morgan fingerprint density at radius 1 is 1.42 bits per heavy atom. The van der Waals surface area contributed by atoms with Gasteiger partial charge < -0.3 is 10.4 Å². The topological polar surface area (TPSA) is 66.4 Å². The highest BCUT2D eigenvalue weighted by Crippen LogP contribution is 2.09. The molecule has 5 heteroatoms. The zero-order valence-electron chi connectivity index (χ0n) is 11.1. The van der Waals surface area contributed by atoms with E-state index in [0.29, 0.717) is 18.5 Å². The van der Waals surface area contributed by atoms with Gasteiger partial charge in [0.2, 0.25) is 5.91 Å². The molecule has 0 spiro atoms. The highest BCUT2D eigenvalue weighted by Gasteiger charge is 2.23. The van der Waals surface area contributed by atoms with Crippen molar-refractivity contribution in [3.63, 3.8) is 0 Å². The average Bonchev–Trinajstić information content (AvgIpc) is 2.34. The maximum atomic E-state index is 13.1. The van der Waals surface area contributed by atoms with Crippen LogP contribution in [0.2, 0.25) is 0 Å². The van der Waals surface area contributed by atoms with Gasteiger partial charge in [-0.15, -0.1) is 0 Å². The van der Waals surface area contributed by atoms with Crippen LogP contribution in [0.5, 0.6) is 0 Å². The Balaban J connectivity index is 2.47. The van der Waals surface area contributed by atoms with E-state index in [1.165, 1.54) is 6.07 Å². The molecule has 104 valence electrons. The summed E-state index contributed by atoms with van der Waals surface area (Å²) in [4.78, 5) is 22.4. The molecular weight excluding hydrogens is 249 g/mol. The van der Waals surface area contributed by atoms with E-state index in [4.69, 9.17) is 5.11 Å². The number of benzene rings is 1. The summed E-state index contributed by atoms with van der Waals surface area (Å²) in [6.07, 6.45) is 0.805. The third kappa shape index (κ3) is 4.35. The zero-order chi connectivity index (χ0) is 14.4. The number of nitrogens with one attached hydrogen (secondary N) is 1. The van der Waals surface area contributed by atoms with Crippen molar-refractivity contribution in [1.82, 2.24) is 5.32 Å². The number of halogens is 1. The van der Waals surface area contributed by atoms with Gasteiger partial charge in [0.1, 0.15) is 11.7 Å². The summed E-state index contributed by atoms with van der Waals surface area (Å²) in [5.41, 5.74) is 1.46. The molecule has 1 aromatic rings. The molecule has 1 rings (SSSR count). The summed E-state index contributed by atoms with van der Waals surface area (Å²) in [7, 11) is 0. The van der Waals surface area contributed by atoms with Crippen LogP contribution >= 0.6 is 0 Å².